The smallest absolute Gasteiger partial charge is 0.207 e. The Morgan fingerprint density at radius 3 is 2.12 bits per heavy atom. The second kappa shape index (κ2) is 9.21. The zero-order chi connectivity index (χ0) is 17.4. The molecule has 2 rings (SSSR count). The lowest BCUT2D eigenvalue weighted by Crippen LogP contribution is -2.23. The van der Waals surface area contributed by atoms with Crippen molar-refractivity contribution in [3.63, 3.8) is 0 Å². The lowest BCUT2D eigenvalue weighted by Gasteiger charge is -2.08. The van der Waals surface area contributed by atoms with Gasteiger partial charge in [-0.3, -0.25) is 0 Å². The van der Waals surface area contributed by atoms with E-state index < -0.39 is 10.0 Å². The minimum absolute atomic E-state index is 0.248. The van der Waals surface area contributed by atoms with Gasteiger partial charge in [0.15, 0.2) is 0 Å². The standard InChI is InChI=1S/C19H24ClNO2S/c1-2-3-4-5-6-16-9-13-19(14-10-16)24(22,23)21-15-17-7-11-18(20)12-8-17/h7-14,21H,2-6,15H2,1H3. The van der Waals surface area contributed by atoms with Crippen LogP contribution in [0, 0.1) is 0 Å². The Labute approximate surface area is 150 Å². The van der Waals surface area contributed by atoms with Crippen molar-refractivity contribution in [2.45, 2.75) is 50.5 Å². The van der Waals surface area contributed by atoms with E-state index in [1.807, 2.05) is 24.3 Å². The number of nitrogens with one attached hydrogen (secondary N) is 1. The van der Waals surface area contributed by atoms with Crippen LogP contribution in [0.1, 0.15) is 43.7 Å². The highest BCUT2D eigenvalue weighted by molar-refractivity contribution is 7.89. The summed E-state index contributed by atoms with van der Waals surface area (Å²) in [5.41, 5.74) is 2.05. The van der Waals surface area contributed by atoms with Gasteiger partial charge in [-0.2, -0.15) is 0 Å². The molecule has 130 valence electrons. The molecule has 5 heteroatoms. The predicted octanol–water partition coefficient (Wildman–Crippen LogP) is 4.94. The molecule has 0 unspecified atom stereocenters. The predicted molar refractivity (Wildman–Crippen MR) is 99.8 cm³/mol. The van der Waals surface area contributed by atoms with Crippen LogP contribution in [0.3, 0.4) is 0 Å². The number of aryl methyl sites for hydroxylation is 1. The molecule has 0 saturated heterocycles. The zero-order valence-corrected chi connectivity index (χ0v) is 15.5. The number of hydrogen-bond donors (Lipinski definition) is 1. The maximum absolute atomic E-state index is 12.3. The molecule has 3 nitrogen and oxygen atoms in total. The van der Waals surface area contributed by atoms with Crippen molar-refractivity contribution in [3.8, 4) is 0 Å². The molecular weight excluding hydrogens is 342 g/mol. The first-order valence-corrected chi connectivity index (χ1v) is 10.2. The molecule has 0 amide bonds. The van der Waals surface area contributed by atoms with E-state index in [2.05, 4.69) is 11.6 Å². The van der Waals surface area contributed by atoms with Gasteiger partial charge >= 0.3 is 0 Å². The van der Waals surface area contributed by atoms with Crippen LogP contribution in [0.2, 0.25) is 5.02 Å². The van der Waals surface area contributed by atoms with E-state index in [0.29, 0.717) is 9.92 Å². The summed E-state index contributed by atoms with van der Waals surface area (Å²) in [4.78, 5) is 0.300. The third kappa shape index (κ3) is 5.93. The van der Waals surface area contributed by atoms with Gasteiger partial charge in [0.2, 0.25) is 10.0 Å². The third-order valence-electron chi connectivity index (χ3n) is 3.93. The van der Waals surface area contributed by atoms with Gasteiger partial charge in [0, 0.05) is 11.6 Å². The van der Waals surface area contributed by atoms with Crippen molar-refractivity contribution < 1.29 is 8.42 Å². The highest BCUT2D eigenvalue weighted by atomic mass is 35.5. The highest BCUT2D eigenvalue weighted by Crippen LogP contribution is 2.14. The Bertz CT molecular complexity index is 725. The van der Waals surface area contributed by atoms with Crippen molar-refractivity contribution >= 4 is 21.6 Å². The molecule has 2 aromatic carbocycles. The summed E-state index contributed by atoms with van der Waals surface area (Å²) in [5.74, 6) is 0. The molecule has 0 aliphatic rings. The SMILES string of the molecule is CCCCCCc1ccc(S(=O)(=O)NCc2ccc(Cl)cc2)cc1. The van der Waals surface area contributed by atoms with E-state index in [-0.39, 0.29) is 6.54 Å². The summed E-state index contributed by atoms with van der Waals surface area (Å²) < 4.78 is 27.3. The van der Waals surface area contributed by atoms with Gasteiger partial charge in [-0.05, 0) is 48.2 Å². The number of rotatable bonds is 9. The van der Waals surface area contributed by atoms with E-state index in [0.717, 1.165) is 18.4 Å². The maximum Gasteiger partial charge on any atom is 0.240 e. The van der Waals surface area contributed by atoms with Crippen LogP contribution in [0.5, 0.6) is 0 Å². The van der Waals surface area contributed by atoms with E-state index in [4.69, 9.17) is 11.6 Å². The Hall–Kier alpha value is -1.36. The third-order valence-corrected chi connectivity index (χ3v) is 5.60. The monoisotopic (exact) mass is 365 g/mol. The summed E-state index contributed by atoms with van der Waals surface area (Å²) >= 11 is 5.83. The molecule has 0 fully saturated rings. The fourth-order valence-electron chi connectivity index (χ4n) is 2.46. The topological polar surface area (TPSA) is 46.2 Å². The zero-order valence-electron chi connectivity index (χ0n) is 14.0. The largest absolute Gasteiger partial charge is 0.240 e. The quantitative estimate of drug-likeness (QED) is 0.639. The van der Waals surface area contributed by atoms with Crippen LogP contribution >= 0.6 is 11.6 Å². The number of sulfonamides is 1. The molecule has 0 spiro atoms. The molecule has 0 aliphatic carbocycles. The first-order valence-electron chi connectivity index (χ1n) is 8.34. The summed E-state index contributed by atoms with van der Waals surface area (Å²) in [7, 11) is -3.50. The molecule has 1 N–H and O–H groups in total. The fraction of sp³-hybridized carbons (Fsp3) is 0.368. The molecule has 0 saturated carbocycles. The summed E-state index contributed by atoms with van der Waals surface area (Å²) in [6.07, 6.45) is 5.84. The molecule has 0 aromatic heterocycles. The number of unbranched alkanes of at least 4 members (excludes halogenated alkanes) is 3. The van der Waals surface area contributed by atoms with Crippen LogP contribution < -0.4 is 4.72 Å². The highest BCUT2D eigenvalue weighted by Gasteiger charge is 2.13. The fourth-order valence-corrected chi connectivity index (χ4v) is 3.60. The van der Waals surface area contributed by atoms with Crippen molar-refractivity contribution in [1.29, 1.82) is 0 Å². The van der Waals surface area contributed by atoms with Gasteiger partial charge in [-0.25, -0.2) is 13.1 Å². The van der Waals surface area contributed by atoms with Crippen LogP contribution in [0.25, 0.3) is 0 Å². The second-order valence-corrected chi connectivity index (χ2v) is 8.11. The first kappa shape index (κ1) is 19.0. The number of halogens is 1. The Morgan fingerprint density at radius 1 is 0.875 bits per heavy atom. The molecular formula is C19H24ClNO2S. The lowest BCUT2D eigenvalue weighted by atomic mass is 10.1. The normalized spacial score (nSPS) is 11.6. The summed E-state index contributed by atoms with van der Waals surface area (Å²) in [6.45, 7) is 2.44. The van der Waals surface area contributed by atoms with Crippen molar-refractivity contribution in [1.82, 2.24) is 4.72 Å². The maximum atomic E-state index is 12.3. The summed E-state index contributed by atoms with van der Waals surface area (Å²) in [6, 6.07) is 14.3. The van der Waals surface area contributed by atoms with Gasteiger partial charge in [0.1, 0.15) is 0 Å². The van der Waals surface area contributed by atoms with Crippen LogP contribution in [0.4, 0.5) is 0 Å². The van der Waals surface area contributed by atoms with E-state index in [1.54, 1.807) is 24.3 Å². The minimum atomic E-state index is -3.50. The Balaban J connectivity index is 1.92. The Kier molecular flexibility index (Phi) is 7.28. The molecule has 0 heterocycles. The van der Waals surface area contributed by atoms with Crippen LogP contribution in [0.15, 0.2) is 53.4 Å². The Morgan fingerprint density at radius 2 is 1.50 bits per heavy atom. The average Bonchev–Trinajstić information content (AvgIpc) is 2.59. The van der Waals surface area contributed by atoms with Gasteiger partial charge in [0.05, 0.1) is 4.90 Å². The lowest BCUT2D eigenvalue weighted by molar-refractivity contribution is 0.581. The van der Waals surface area contributed by atoms with Gasteiger partial charge in [-0.1, -0.05) is 62.1 Å². The number of hydrogen-bond acceptors (Lipinski definition) is 2. The minimum Gasteiger partial charge on any atom is -0.207 e. The van der Waals surface area contributed by atoms with E-state index in [9.17, 15) is 8.42 Å². The molecule has 0 aliphatic heterocycles. The molecule has 2 aromatic rings. The average molecular weight is 366 g/mol. The van der Waals surface area contributed by atoms with E-state index >= 15 is 0 Å². The van der Waals surface area contributed by atoms with Crippen molar-refractivity contribution in [3.05, 3.63) is 64.7 Å². The van der Waals surface area contributed by atoms with Gasteiger partial charge < -0.3 is 0 Å². The van der Waals surface area contributed by atoms with Crippen molar-refractivity contribution in [2.24, 2.45) is 0 Å². The van der Waals surface area contributed by atoms with Crippen molar-refractivity contribution in [2.75, 3.05) is 0 Å². The van der Waals surface area contributed by atoms with E-state index in [1.165, 1.54) is 24.8 Å². The second-order valence-electron chi connectivity index (χ2n) is 5.91. The van der Waals surface area contributed by atoms with Gasteiger partial charge in [-0.15, -0.1) is 0 Å². The van der Waals surface area contributed by atoms with Crippen LogP contribution in [-0.4, -0.2) is 8.42 Å². The first-order chi connectivity index (χ1) is 11.5. The van der Waals surface area contributed by atoms with Crippen LogP contribution in [-0.2, 0) is 23.0 Å². The molecule has 24 heavy (non-hydrogen) atoms. The molecule has 0 radical (unpaired) electrons. The molecule has 0 bridgehead atoms. The molecule has 0 atom stereocenters. The van der Waals surface area contributed by atoms with Gasteiger partial charge in [0.25, 0.3) is 0 Å². The number of benzene rings is 2. The summed E-state index contributed by atoms with van der Waals surface area (Å²) in [5, 5.41) is 0.635.